The Bertz CT molecular complexity index is 435. The van der Waals surface area contributed by atoms with E-state index in [2.05, 4.69) is 22.1 Å². The van der Waals surface area contributed by atoms with E-state index in [1.807, 2.05) is 0 Å². The van der Waals surface area contributed by atoms with E-state index < -0.39 is 5.97 Å². The van der Waals surface area contributed by atoms with Gasteiger partial charge < -0.3 is 9.84 Å². The molecule has 1 aromatic heterocycles. The Balaban J connectivity index is 1.76. The number of nitrogens with zero attached hydrogens (tertiary/aromatic N) is 4. The van der Waals surface area contributed by atoms with Crippen molar-refractivity contribution in [1.29, 1.82) is 0 Å². The number of aromatic nitrogens is 3. The fraction of sp³-hybridized carbons (Fsp3) is 0.769. The molecular formula is C13H22N4O3. The first-order valence-electron chi connectivity index (χ1n) is 7.16. The minimum atomic E-state index is -1.04. The Morgan fingerprint density at radius 1 is 1.55 bits per heavy atom. The van der Waals surface area contributed by atoms with Gasteiger partial charge in [-0.3, -0.25) is 9.58 Å². The summed E-state index contributed by atoms with van der Waals surface area (Å²) in [4.78, 5) is 13.1. The molecule has 1 aliphatic rings. The number of carbonyl (C=O) groups is 1. The van der Waals surface area contributed by atoms with Gasteiger partial charge in [0.1, 0.15) is 0 Å². The lowest BCUT2D eigenvalue weighted by molar-refractivity contribution is -0.001000. The molecule has 1 aromatic rings. The first-order valence-corrected chi connectivity index (χ1v) is 7.16. The molecule has 1 N–H and O–H groups in total. The first kappa shape index (κ1) is 14.9. The van der Waals surface area contributed by atoms with Crippen LogP contribution in [-0.2, 0) is 11.3 Å². The maximum atomic E-state index is 10.7. The lowest BCUT2D eigenvalue weighted by Gasteiger charge is -2.32. The largest absolute Gasteiger partial charge is 0.476 e. The van der Waals surface area contributed by atoms with Gasteiger partial charge >= 0.3 is 5.97 Å². The number of carboxylic acids is 1. The first-order chi connectivity index (χ1) is 9.69. The zero-order chi connectivity index (χ0) is 14.4. The number of hydrogen-bond acceptors (Lipinski definition) is 5. The summed E-state index contributed by atoms with van der Waals surface area (Å²) in [6.07, 6.45) is 5.12. The molecule has 20 heavy (non-hydrogen) atoms. The SMILES string of the molecule is CCCOC1CCCN(CCn2cc(C(=O)O)nn2)C1. The molecule has 0 aromatic carbocycles. The molecule has 0 bridgehead atoms. The van der Waals surface area contributed by atoms with Crippen molar-refractivity contribution in [2.75, 3.05) is 26.2 Å². The fourth-order valence-electron chi connectivity index (χ4n) is 2.39. The van der Waals surface area contributed by atoms with E-state index in [0.29, 0.717) is 12.6 Å². The van der Waals surface area contributed by atoms with Gasteiger partial charge in [-0.15, -0.1) is 5.10 Å². The van der Waals surface area contributed by atoms with E-state index in [1.165, 1.54) is 6.20 Å². The van der Waals surface area contributed by atoms with Crippen LogP contribution < -0.4 is 0 Å². The molecule has 0 amide bonds. The van der Waals surface area contributed by atoms with Crippen LogP contribution in [0.15, 0.2) is 6.20 Å². The standard InChI is InChI=1S/C13H22N4O3/c1-2-8-20-11-4-3-5-16(9-11)6-7-17-10-12(13(18)19)14-15-17/h10-11H,2-9H2,1H3,(H,18,19). The summed E-state index contributed by atoms with van der Waals surface area (Å²) >= 11 is 0. The number of likely N-dealkylation sites (tertiary alicyclic amines) is 1. The van der Waals surface area contributed by atoms with E-state index >= 15 is 0 Å². The van der Waals surface area contributed by atoms with Gasteiger partial charge in [-0.1, -0.05) is 12.1 Å². The minimum absolute atomic E-state index is 0.00667. The number of carboxylic acid groups (broad SMARTS) is 1. The molecule has 7 nitrogen and oxygen atoms in total. The Kier molecular flexibility index (Phi) is 5.49. The molecule has 0 aliphatic carbocycles. The molecule has 0 radical (unpaired) electrons. The summed E-state index contributed by atoms with van der Waals surface area (Å²) < 4.78 is 7.38. The summed E-state index contributed by atoms with van der Waals surface area (Å²) in [5, 5.41) is 16.2. The van der Waals surface area contributed by atoms with Gasteiger partial charge in [0.05, 0.1) is 18.8 Å². The smallest absolute Gasteiger partial charge is 0.358 e. The second-order valence-corrected chi connectivity index (χ2v) is 5.11. The monoisotopic (exact) mass is 282 g/mol. The van der Waals surface area contributed by atoms with Crippen molar-refractivity contribution in [1.82, 2.24) is 19.9 Å². The Morgan fingerprint density at radius 3 is 3.10 bits per heavy atom. The minimum Gasteiger partial charge on any atom is -0.476 e. The van der Waals surface area contributed by atoms with Crippen LogP contribution in [0.3, 0.4) is 0 Å². The van der Waals surface area contributed by atoms with Crippen LogP contribution >= 0.6 is 0 Å². The van der Waals surface area contributed by atoms with E-state index in [4.69, 9.17) is 9.84 Å². The van der Waals surface area contributed by atoms with Crippen LogP contribution in [0.25, 0.3) is 0 Å². The summed E-state index contributed by atoms with van der Waals surface area (Å²) in [6.45, 7) is 6.44. The van der Waals surface area contributed by atoms with Gasteiger partial charge in [-0.2, -0.15) is 0 Å². The molecule has 0 spiro atoms. The molecule has 0 saturated carbocycles. The number of ether oxygens (including phenoxy) is 1. The lowest BCUT2D eigenvalue weighted by Crippen LogP contribution is -2.41. The Hall–Kier alpha value is -1.47. The molecule has 7 heteroatoms. The van der Waals surface area contributed by atoms with Gasteiger partial charge in [0, 0.05) is 19.7 Å². The van der Waals surface area contributed by atoms with Crippen LogP contribution in [0.5, 0.6) is 0 Å². The van der Waals surface area contributed by atoms with Gasteiger partial charge in [0.2, 0.25) is 0 Å². The predicted molar refractivity (Wildman–Crippen MR) is 72.7 cm³/mol. The third-order valence-electron chi connectivity index (χ3n) is 3.42. The highest BCUT2D eigenvalue weighted by molar-refractivity contribution is 5.84. The van der Waals surface area contributed by atoms with E-state index in [-0.39, 0.29) is 5.69 Å². The highest BCUT2D eigenvalue weighted by atomic mass is 16.5. The normalized spacial score (nSPS) is 20.1. The van der Waals surface area contributed by atoms with E-state index in [0.717, 1.165) is 45.5 Å². The average Bonchev–Trinajstić information content (AvgIpc) is 2.92. The maximum Gasteiger partial charge on any atom is 0.358 e. The second kappa shape index (κ2) is 7.35. The van der Waals surface area contributed by atoms with Crippen molar-refractivity contribution in [3.05, 3.63) is 11.9 Å². The quantitative estimate of drug-likeness (QED) is 0.799. The van der Waals surface area contributed by atoms with Crippen molar-refractivity contribution >= 4 is 5.97 Å². The molecule has 1 saturated heterocycles. The average molecular weight is 282 g/mol. The van der Waals surface area contributed by atoms with Crippen LogP contribution in [0.1, 0.15) is 36.7 Å². The zero-order valence-corrected chi connectivity index (χ0v) is 11.9. The van der Waals surface area contributed by atoms with Crippen molar-refractivity contribution < 1.29 is 14.6 Å². The molecule has 2 rings (SSSR count). The highest BCUT2D eigenvalue weighted by Gasteiger charge is 2.20. The lowest BCUT2D eigenvalue weighted by atomic mass is 10.1. The molecular weight excluding hydrogens is 260 g/mol. The van der Waals surface area contributed by atoms with Crippen molar-refractivity contribution in [3.63, 3.8) is 0 Å². The number of aromatic carboxylic acids is 1. The van der Waals surface area contributed by atoms with E-state index in [9.17, 15) is 4.79 Å². The Labute approximate surface area is 118 Å². The van der Waals surface area contributed by atoms with E-state index in [1.54, 1.807) is 4.68 Å². The summed E-state index contributed by atoms with van der Waals surface area (Å²) in [5.41, 5.74) is -0.00667. The third-order valence-corrected chi connectivity index (χ3v) is 3.42. The van der Waals surface area contributed by atoms with Crippen LogP contribution in [0.4, 0.5) is 0 Å². The Morgan fingerprint density at radius 2 is 2.40 bits per heavy atom. The van der Waals surface area contributed by atoms with Crippen molar-refractivity contribution in [2.24, 2.45) is 0 Å². The third kappa shape index (κ3) is 4.28. The molecule has 1 unspecified atom stereocenters. The van der Waals surface area contributed by atoms with Crippen LogP contribution in [0, 0.1) is 0 Å². The topological polar surface area (TPSA) is 80.5 Å². The molecule has 1 atom stereocenters. The van der Waals surface area contributed by atoms with Gasteiger partial charge in [-0.25, -0.2) is 4.79 Å². The summed E-state index contributed by atoms with van der Waals surface area (Å²) in [6, 6.07) is 0. The summed E-state index contributed by atoms with van der Waals surface area (Å²) in [5.74, 6) is -1.04. The van der Waals surface area contributed by atoms with Crippen LogP contribution in [-0.4, -0.2) is 63.3 Å². The van der Waals surface area contributed by atoms with Gasteiger partial charge in [-0.05, 0) is 25.8 Å². The fourth-order valence-corrected chi connectivity index (χ4v) is 2.39. The predicted octanol–water partition coefficient (Wildman–Crippen LogP) is 0.867. The molecule has 1 aliphatic heterocycles. The summed E-state index contributed by atoms with van der Waals surface area (Å²) in [7, 11) is 0. The highest BCUT2D eigenvalue weighted by Crippen LogP contribution is 2.13. The van der Waals surface area contributed by atoms with Crippen molar-refractivity contribution in [2.45, 2.75) is 38.8 Å². The zero-order valence-electron chi connectivity index (χ0n) is 11.9. The molecule has 1 fully saturated rings. The number of hydrogen-bond donors (Lipinski definition) is 1. The number of rotatable bonds is 7. The molecule has 112 valence electrons. The molecule has 2 heterocycles. The van der Waals surface area contributed by atoms with Crippen molar-refractivity contribution in [3.8, 4) is 0 Å². The second-order valence-electron chi connectivity index (χ2n) is 5.11. The number of piperidine rings is 1. The van der Waals surface area contributed by atoms with Gasteiger partial charge in [0.25, 0.3) is 0 Å². The maximum absolute atomic E-state index is 10.7. The van der Waals surface area contributed by atoms with Crippen LogP contribution in [0.2, 0.25) is 0 Å². The van der Waals surface area contributed by atoms with Gasteiger partial charge in [0.15, 0.2) is 5.69 Å².